The van der Waals surface area contributed by atoms with Gasteiger partial charge in [-0.2, -0.15) is 0 Å². The van der Waals surface area contributed by atoms with Gasteiger partial charge in [-0.3, -0.25) is 0 Å². The molecule has 2 aromatic carbocycles. The molecule has 1 saturated heterocycles. The molecule has 2 aromatic rings. The number of anilines is 1. The third-order valence-electron chi connectivity index (χ3n) is 5.24. The Morgan fingerprint density at radius 1 is 1.04 bits per heavy atom. The molecule has 2 heterocycles. The van der Waals surface area contributed by atoms with Crippen molar-refractivity contribution < 1.29 is 18.9 Å². The summed E-state index contributed by atoms with van der Waals surface area (Å²) in [5.74, 6) is 2.21. The van der Waals surface area contributed by atoms with Crippen LogP contribution in [0.2, 0.25) is 5.02 Å². The van der Waals surface area contributed by atoms with Gasteiger partial charge in [0.1, 0.15) is 0 Å². The fourth-order valence-corrected chi connectivity index (χ4v) is 4.23. The maximum Gasteiger partial charge on any atom is 0.203 e. The van der Waals surface area contributed by atoms with E-state index >= 15 is 0 Å². The van der Waals surface area contributed by atoms with Crippen molar-refractivity contribution in [2.24, 2.45) is 5.92 Å². The molecule has 4 rings (SSSR count). The minimum Gasteiger partial charge on any atom is -0.493 e. The molecule has 3 atom stereocenters. The number of rotatable bonds is 4. The molecule has 0 radical (unpaired) electrons. The minimum absolute atomic E-state index is 0.0361. The van der Waals surface area contributed by atoms with Crippen molar-refractivity contribution in [2.75, 3.05) is 33.3 Å². The monoisotopic (exact) mass is 375 g/mol. The van der Waals surface area contributed by atoms with Crippen LogP contribution in [0, 0.1) is 5.92 Å². The van der Waals surface area contributed by atoms with E-state index in [9.17, 15) is 0 Å². The molecule has 5 nitrogen and oxygen atoms in total. The average Bonchev–Trinajstić information content (AvgIpc) is 3.16. The molecule has 1 N–H and O–H groups in total. The number of halogens is 1. The lowest BCUT2D eigenvalue weighted by atomic mass is 9.81. The first-order chi connectivity index (χ1) is 12.7. The summed E-state index contributed by atoms with van der Waals surface area (Å²) >= 11 is 6.20. The first-order valence-corrected chi connectivity index (χ1v) is 9.01. The predicted molar refractivity (Wildman–Crippen MR) is 101 cm³/mol. The maximum absolute atomic E-state index is 6.20. The standard InChI is InChI=1S/C20H22ClNO4/c1-23-16-8-11(9-17(24-2)20(16)25-3)18-13-6-7-26-19(13)14-10-12(21)4-5-15(14)22-18/h4-5,8-10,13,18-19,22H,6-7H2,1-3H3. The van der Waals surface area contributed by atoms with E-state index in [2.05, 4.69) is 5.32 Å². The Hall–Kier alpha value is -2.11. The number of methoxy groups -OCH3 is 3. The molecule has 0 bridgehead atoms. The van der Waals surface area contributed by atoms with Gasteiger partial charge in [-0.05, 0) is 42.3 Å². The van der Waals surface area contributed by atoms with E-state index in [0.29, 0.717) is 23.2 Å². The Balaban J connectivity index is 1.79. The Bertz CT molecular complexity index is 800. The van der Waals surface area contributed by atoms with E-state index in [-0.39, 0.29) is 12.1 Å². The van der Waals surface area contributed by atoms with Crippen molar-refractivity contribution in [3.05, 3.63) is 46.5 Å². The van der Waals surface area contributed by atoms with Crippen molar-refractivity contribution in [2.45, 2.75) is 18.6 Å². The van der Waals surface area contributed by atoms with Gasteiger partial charge in [-0.25, -0.2) is 0 Å². The van der Waals surface area contributed by atoms with E-state index in [1.54, 1.807) is 21.3 Å². The second-order valence-electron chi connectivity index (χ2n) is 6.56. The van der Waals surface area contributed by atoms with Gasteiger partial charge in [-0.1, -0.05) is 11.6 Å². The van der Waals surface area contributed by atoms with Crippen LogP contribution in [-0.2, 0) is 4.74 Å². The molecule has 3 unspecified atom stereocenters. The third-order valence-corrected chi connectivity index (χ3v) is 5.48. The van der Waals surface area contributed by atoms with Crippen LogP contribution in [0.5, 0.6) is 17.2 Å². The number of benzene rings is 2. The highest BCUT2D eigenvalue weighted by Gasteiger charge is 2.42. The zero-order valence-electron chi connectivity index (χ0n) is 15.0. The molecule has 0 aliphatic carbocycles. The smallest absolute Gasteiger partial charge is 0.203 e. The van der Waals surface area contributed by atoms with Crippen LogP contribution in [0.3, 0.4) is 0 Å². The van der Waals surface area contributed by atoms with Crippen molar-refractivity contribution in [3.63, 3.8) is 0 Å². The summed E-state index contributed by atoms with van der Waals surface area (Å²) in [6, 6.07) is 10.0. The summed E-state index contributed by atoms with van der Waals surface area (Å²) in [7, 11) is 4.88. The quantitative estimate of drug-likeness (QED) is 0.845. The van der Waals surface area contributed by atoms with Crippen molar-refractivity contribution in [1.82, 2.24) is 0 Å². The van der Waals surface area contributed by atoms with Crippen LogP contribution in [0.25, 0.3) is 0 Å². The summed E-state index contributed by atoms with van der Waals surface area (Å²) in [6.07, 6.45) is 1.01. The zero-order valence-corrected chi connectivity index (χ0v) is 15.8. The highest BCUT2D eigenvalue weighted by molar-refractivity contribution is 6.30. The van der Waals surface area contributed by atoms with Gasteiger partial charge in [-0.15, -0.1) is 0 Å². The second-order valence-corrected chi connectivity index (χ2v) is 6.99. The van der Waals surface area contributed by atoms with Crippen LogP contribution in [0.1, 0.15) is 29.7 Å². The Kier molecular flexibility index (Phi) is 4.59. The first kappa shape index (κ1) is 17.3. The Morgan fingerprint density at radius 2 is 1.77 bits per heavy atom. The molecule has 2 aliphatic heterocycles. The van der Waals surface area contributed by atoms with E-state index in [0.717, 1.165) is 34.9 Å². The van der Waals surface area contributed by atoms with Crippen LogP contribution in [0.4, 0.5) is 5.69 Å². The predicted octanol–water partition coefficient (Wildman–Crippen LogP) is 4.61. The van der Waals surface area contributed by atoms with E-state index in [1.807, 2.05) is 30.3 Å². The van der Waals surface area contributed by atoms with Gasteiger partial charge >= 0.3 is 0 Å². The number of ether oxygens (including phenoxy) is 4. The van der Waals surface area contributed by atoms with Crippen molar-refractivity contribution in [1.29, 1.82) is 0 Å². The molecule has 2 aliphatic rings. The number of fused-ring (bicyclic) bond motifs is 3. The summed E-state index contributed by atoms with van der Waals surface area (Å²) in [6.45, 7) is 0.740. The van der Waals surface area contributed by atoms with Crippen molar-refractivity contribution >= 4 is 17.3 Å². The first-order valence-electron chi connectivity index (χ1n) is 8.63. The summed E-state index contributed by atoms with van der Waals surface area (Å²) in [4.78, 5) is 0. The fourth-order valence-electron chi connectivity index (χ4n) is 4.05. The largest absolute Gasteiger partial charge is 0.493 e. The molecule has 26 heavy (non-hydrogen) atoms. The molecular formula is C20H22ClNO4. The molecule has 6 heteroatoms. The fraction of sp³-hybridized carbons (Fsp3) is 0.400. The van der Waals surface area contributed by atoms with Gasteiger partial charge in [0, 0.05) is 28.8 Å². The number of nitrogens with one attached hydrogen (secondary N) is 1. The summed E-state index contributed by atoms with van der Waals surface area (Å²) in [5, 5.41) is 4.39. The summed E-state index contributed by atoms with van der Waals surface area (Å²) in [5.41, 5.74) is 3.26. The van der Waals surface area contributed by atoms with Gasteiger partial charge in [0.25, 0.3) is 0 Å². The van der Waals surface area contributed by atoms with Crippen LogP contribution >= 0.6 is 11.6 Å². The molecule has 0 amide bonds. The normalized spacial score (nSPS) is 23.6. The lowest BCUT2D eigenvalue weighted by Crippen LogP contribution is -2.29. The summed E-state index contributed by atoms with van der Waals surface area (Å²) < 4.78 is 22.6. The van der Waals surface area contributed by atoms with Gasteiger partial charge in [0.05, 0.1) is 33.5 Å². The van der Waals surface area contributed by atoms with Gasteiger partial charge in [0.15, 0.2) is 11.5 Å². The molecular weight excluding hydrogens is 354 g/mol. The number of hydrogen-bond donors (Lipinski definition) is 1. The average molecular weight is 376 g/mol. The second kappa shape index (κ2) is 6.89. The maximum atomic E-state index is 6.20. The van der Waals surface area contributed by atoms with E-state index in [1.165, 1.54) is 0 Å². The SMILES string of the molecule is COc1cc(C2Nc3ccc(Cl)cc3C3OCCC23)cc(OC)c1OC. The molecule has 0 aromatic heterocycles. The highest BCUT2D eigenvalue weighted by Crippen LogP contribution is 2.52. The van der Waals surface area contributed by atoms with Gasteiger partial charge < -0.3 is 24.3 Å². The highest BCUT2D eigenvalue weighted by atomic mass is 35.5. The lowest BCUT2D eigenvalue weighted by Gasteiger charge is -2.37. The van der Waals surface area contributed by atoms with E-state index in [4.69, 9.17) is 30.5 Å². The Labute approximate surface area is 158 Å². The van der Waals surface area contributed by atoms with Crippen LogP contribution < -0.4 is 19.5 Å². The number of hydrogen-bond acceptors (Lipinski definition) is 5. The minimum atomic E-state index is 0.0361. The Morgan fingerprint density at radius 3 is 2.42 bits per heavy atom. The van der Waals surface area contributed by atoms with Gasteiger partial charge in [0.2, 0.25) is 5.75 Å². The third kappa shape index (κ3) is 2.75. The molecule has 138 valence electrons. The lowest BCUT2D eigenvalue weighted by molar-refractivity contribution is 0.0829. The van der Waals surface area contributed by atoms with E-state index < -0.39 is 0 Å². The topological polar surface area (TPSA) is 49.0 Å². The zero-order chi connectivity index (χ0) is 18.3. The molecule has 0 spiro atoms. The van der Waals surface area contributed by atoms with Crippen LogP contribution in [0.15, 0.2) is 30.3 Å². The van der Waals surface area contributed by atoms with Crippen molar-refractivity contribution in [3.8, 4) is 17.2 Å². The molecule has 1 fully saturated rings. The van der Waals surface area contributed by atoms with Crippen LogP contribution in [-0.4, -0.2) is 27.9 Å². The molecule has 0 saturated carbocycles.